The smallest absolute Gasteiger partial charge is 0.0479 e. The van der Waals surface area contributed by atoms with Crippen LogP contribution in [0, 0.1) is 0 Å². The van der Waals surface area contributed by atoms with Gasteiger partial charge in [0.15, 0.2) is 0 Å². The molecule has 0 aromatic rings. The van der Waals surface area contributed by atoms with Crippen LogP contribution in [0.15, 0.2) is 0 Å². The Morgan fingerprint density at radius 1 is 1.44 bits per heavy atom. The van der Waals surface area contributed by atoms with E-state index in [1.54, 1.807) is 0 Å². The Morgan fingerprint density at radius 2 is 2.22 bits per heavy atom. The topological polar surface area (TPSA) is 41.5 Å². The first-order valence-electron chi connectivity index (χ1n) is 3.36. The van der Waals surface area contributed by atoms with Crippen LogP contribution in [-0.2, 0) is 4.74 Å². The number of rotatable bonds is 6. The third-order valence-corrected chi connectivity index (χ3v) is 0.926. The molecule has 56 valence electrons. The Kier molecular flexibility index (Phi) is 7.77. The molecule has 0 saturated carbocycles. The second-order valence-electron chi connectivity index (χ2n) is 1.87. The van der Waals surface area contributed by atoms with Crippen molar-refractivity contribution >= 4 is 0 Å². The number of ether oxygens (including phenoxy) is 1. The Hall–Kier alpha value is -0.120. The van der Waals surface area contributed by atoms with Crippen LogP contribution >= 0.6 is 0 Å². The molecule has 9 heavy (non-hydrogen) atoms. The van der Waals surface area contributed by atoms with Crippen LogP contribution in [0.5, 0.6) is 0 Å². The Labute approximate surface area is 56.0 Å². The van der Waals surface area contributed by atoms with Gasteiger partial charge in [-0.05, 0) is 12.8 Å². The summed E-state index contributed by atoms with van der Waals surface area (Å²) in [6.07, 6.45) is 1.93. The highest BCUT2D eigenvalue weighted by Crippen LogP contribution is 1.82. The number of hydrogen-bond acceptors (Lipinski definition) is 3. The van der Waals surface area contributed by atoms with E-state index in [9.17, 15) is 0 Å². The molecular weight excluding hydrogens is 118 g/mol. The zero-order chi connectivity index (χ0) is 6.95. The molecule has 0 unspecified atom stereocenters. The highest BCUT2D eigenvalue weighted by Gasteiger charge is 1.84. The van der Waals surface area contributed by atoms with Crippen LogP contribution < -0.4 is 5.48 Å². The molecule has 0 fully saturated rings. The average Bonchev–Trinajstić information content (AvgIpc) is 1.89. The van der Waals surface area contributed by atoms with Crippen molar-refractivity contribution in [3.8, 4) is 0 Å². The molecule has 0 radical (unpaired) electrons. The zero-order valence-electron chi connectivity index (χ0n) is 5.89. The third-order valence-electron chi connectivity index (χ3n) is 0.926. The van der Waals surface area contributed by atoms with Crippen LogP contribution in [0.3, 0.4) is 0 Å². The second-order valence-corrected chi connectivity index (χ2v) is 1.87. The van der Waals surface area contributed by atoms with Crippen LogP contribution in [-0.4, -0.2) is 25.0 Å². The molecular formula is C6H15NO2. The summed E-state index contributed by atoms with van der Waals surface area (Å²) in [6.45, 7) is 4.25. The first kappa shape index (κ1) is 8.88. The van der Waals surface area contributed by atoms with E-state index in [2.05, 4.69) is 12.4 Å². The highest BCUT2D eigenvalue weighted by molar-refractivity contribution is 4.35. The van der Waals surface area contributed by atoms with Crippen LogP contribution in [0.25, 0.3) is 0 Å². The van der Waals surface area contributed by atoms with Crippen molar-refractivity contribution in [2.75, 3.05) is 19.8 Å². The molecule has 0 aliphatic carbocycles. The van der Waals surface area contributed by atoms with Crippen molar-refractivity contribution in [2.45, 2.75) is 19.8 Å². The molecule has 3 heteroatoms. The molecule has 0 aromatic heterocycles. The molecule has 0 amide bonds. The van der Waals surface area contributed by atoms with E-state index in [-0.39, 0.29) is 0 Å². The maximum absolute atomic E-state index is 8.12. The number of hydroxylamine groups is 1. The summed E-state index contributed by atoms with van der Waals surface area (Å²) in [6, 6.07) is 0. The quantitative estimate of drug-likeness (QED) is 0.415. The lowest BCUT2D eigenvalue weighted by molar-refractivity contribution is 0.111. The average molecular weight is 133 g/mol. The van der Waals surface area contributed by atoms with Gasteiger partial charge in [0, 0.05) is 19.8 Å². The maximum Gasteiger partial charge on any atom is 0.0479 e. The Morgan fingerprint density at radius 3 is 2.78 bits per heavy atom. The third kappa shape index (κ3) is 7.88. The molecule has 2 N–H and O–H groups in total. The Bertz CT molecular complexity index is 44.3. The first-order chi connectivity index (χ1) is 4.41. The number of hydrogen-bond donors (Lipinski definition) is 2. The van der Waals surface area contributed by atoms with E-state index in [0.717, 1.165) is 26.1 Å². The van der Waals surface area contributed by atoms with Gasteiger partial charge in [-0.3, -0.25) is 0 Å². The van der Waals surface area contributed by atoms with Gasteiger partial charge in [0.25, 0.3) is 0 Å². The minimum Gasteiger partial charge on any atom is -0.381 e. The highest BCUT2D eigenvalue weighted by atomic mass is 16.5. The fourth-order valence-corrected chi connectivity index (χ4v) is 0.500. The molecule has 0 heterocycles. The van der Waals surface area contributed by atoms with Gasteiger partial charge in [0.2, 0.25) is 0 Å². The van der Waals surface area contributed by atoms with Gasteiger partial charge in [-0.1, -0.05) is 6.92 Å². The predicted octanol–water partition coefficient (Wildman–Crippen LogP) is 0.782. The molecule has 0 aliphatic rings. The number of nitrogens with one attached hydrogen (secondary N) is 1. The van der Waals surface area contributed by atoms with Gasteiger partial charge in [-0.15, -0.1) is 0 Å². The summed E-state index contributed by atoms with van der Waals surface area (Å²) >= 11 is 0. The van der Waals surface area contributed by atoms with Gasteiger partial charge in [-0.25, -0.2) is 5.48 Å². The maximum atomic E-state index is 8.12. The van der Waals surface area contributed by atoms with Crippen LogP contribution in [0.4, 0.5) is 0 Å². The molecule has 0 saturated heterocycles. The standard InChI is InChI=1S/C6H15NO2/c1-2-5-9-6-3-4-7-8/h7-8H,2-6H2,1H3. The van der Waals surface area contributed by atoms with E-state index in [0.29, 0.717) is 6.54 Å². The summed E-state index contributed by atoms with van der Waals surface area (Å²) in [7, 11) is 0. The monoisotopic (exact) mass is 133 g/mol. The molecule has 0 rings (SSSR count). The van der Waals surface area contributed by atoms with Crippen molar-refractivity contribution < 1.29 is 9.94 Å². The second kappa shape index (κ2) is 7.88. The molecule has 0 spiro atoms. The van der Waals surface area contributed by atoms with E-state index < -0.39 is 0 Å². The minimum atomic E-state index is 0.615. The van der Waals surface area contributed by atoms with Crippen molar-refractivity contribution in [3.63, 3.8) is 0 Å². The van der Waals surface area contributed by atoms with E-state index in [1.165, 1.54) is 0 Å². The van der Waals surface area contributed by atoms with E-state index in [4.69, 9.17) is 9.94 Å². The van der Waals surface area contributed by atoms with Gasteiger partial charge in [-0.2, -0.15) is 0 Å². The zero-order valence-corrected chi connectivity index (χ0v) is 5.89. The van der Waals surface area contributed by atoms with Gasteiger partial charge in [0.05, 0.1) is 0 Å². The lowest BCUT2D eigenvalue weighted by atomic mass is 10.4. The normalized spacial score (nSPS) is 10.0. The lowest BCUT2D eigenvalue weighted by Gasteiger charge is -1.99. The first-order valence-corrected chi connectivity index (χ1v) is 3.36. The van der Waals surface area contributed by atoms with Crippen molar-refractivity contribution in [1.82, 2.24) is 5.48 Å². The van der Waals surface area contributed by atoms with E-state index in [1.807, 2.05) is 0 Å². The SMILES string of the molecule is CCCOCCCNO. The fraction of sp³-hybridized carbons (Fsp3) is 1.00. The van der Waals surface area contributed by atoms with Crippen LogP contribution in [0.2, 0.25) is 0 Å². The Balaban J connectivity index is 2.60. The van der Waals surface area contributed by atoms with Gasteiger partial charge < -0.3 is 9.94 Å². The molecule has 0 aromatic carbocycles. The molecule has 0 aliphatic heterocycles. The van der Waals surface area contributed by atoms with Crippen LogP contribution in [0.1, 0.15) is 19.8 Å². The van der Waals surface area contributed by atoms with E-state index >= 15 is 0 Å². The fourth-order valence-electron chi connectivity index (χ4n) is 0.500. The van der Waals surface area contributed by atoms with Gasteiger partial charge >= 0.3 is 0 Å². The summed E-state index contributed by atoms with van der Waals surface area (Å²) < 4.78 is 5.13. The minimum absolute atomic E-state index is 0.615. The summed E-state index contributed by atoms with van der Waals surface area (Å²) in [4.78, 5) is 0. The lowest BCUT2D eigenvalue weighted by Crippen LogP contribution is -2.11. The molecule has 3 nitrogen and oxygen atoms in total. The summed E-state index contributed by atoms with van der Waals surface area (Å²) in [5, 5.41) is 8.12. The summed E-state index contributed by atoms with van der Waals surface area (Å²) in [5.41, 5.74) is 2.06. The molecule has 0 atom stereocenters. The van der Waals surface area contributed by atoms with Crippen molar-refractivity contribution in [3.05, 3.63) is 0 Å². The predicted molar refractivity (Wildman–Crippen MR) is 35.5 cm³/mol. The van der Waals surface area contributed by atoms with Crippen molar-refractivity contribution in [1.29, 1.82) is 0 Å². The van der Waals surface area contributed by atoms with Gasteiger partial charge in [0.1, 0.15) is 0 Å². The largest absolute Gasteiger partial charge is 0.381 e. The van der Waals surface area contributed by atoms with Crippen molar-refractivity contribution in [2.24, 2.45) is 0 Å². The summed E-state index contributed by atoms with van der Waals surface area (Å²) in [5.74, 6) is 0. The molecule has 0 bridgehead atoms.